The van der Waals surface area contributed by atoms with Crippen LogP contribution in [-0.4, -0.2) is 23.2 Å². The standard InChI is InChI=1S/C18H13N3O3S/c1-24-13-6-7-14-12(8-13)9-16-17(14)20-18(25-16)19-10-11-4-2-3-5-15(11)21(22)23/h2-8,10H,9H2,1H3. The van der Waals surface area contributed by atoms with Gasteiger partial charge in [0.2, 0.25) is 5.13 Å². The van der Waals surface area contributed by atoms with Crippen molar-refractivity contribution in [3.05, 3.63) is 68.6 Å². The number of nitro groups is 1. The third-order valence-electron chi connectivity index (χ3n) is 4.05. The Bertz CT molecular complexity index is 1010. The molecule has 0 radical (unpaired) electrons. The molecule has 1 heterocycles. The Morgan fingerprint density at radius 3 is 2.96 bits per heavy atom. The quantitative estimate of drug-likeness (QED) is 0.310. The van der Waals surface area contributed by atoms with E-state index in [0.29, 0.717) is 10.7 Å². The molecule has 4 rings (SSSR count). The highest BCUT2D eigenvalue weighted by molar-refractivity contribution is 7.15. The van der Waals surface area contributed by atoms with Crippen LogP contribution in [0.2, 0.25) is 0 Å². The summed E-state index contributed by atoms with van der Waals surface area (Å²) in [6, 6.07) is 12.5. The van der Waals surface area contributed by atoms with E-state index in [4.69, 9.17) is 4.74 Å². The van der Waals surface area contributed by atoms with Crippen LogP contribution in [0.3, 0.4) is 0 Å². The summed E-state index contributed by atoms with van der Waals surface area (Å²) in [5.41, 5.74) is 3.74. The molecule has 0 atom stereocenters. The maximum atomic E-state index is 11.1. The van der Waals surface area contributed by atoms with Gasteiger partial charge in [-0.15, -0.1) is 0 Å². The fourth-order valence-corrected chi connectivity index (χ4v) is 3.80. The summed E-state index contributed by atoms with van der Waals surface area (Å²) in [7, 11) is 1.65. The van der Waals surface area contributed by atoms with Gasteiger partial charge in [-0.05, 0) is 29.8 Å². The van der Waals surface area contributed by atoms with Crippen molar-refractivity contribution in [1.82, 2.24) is 4.98 Å². The summed E-state index contributed by atoms with van der Waals surface area (Å²) in [4.78, 5) is 20.7. The average Bonchev–Trinajstić information content (AvgIpc) is 3.16. The van der Waals surface area contributed by atoms with Crippen LogP contribution in [0.4, 0.5) is 10.8 Å². The van der Waals surface area contributed by atoms with Crippen LogP contribution in [0.1, 0.15) is 16.0 Å². The number of aromatic nitrogens is 1. The van der Waals surface area contributed by atoms with E-state index in [1.165, 1.54) is 29.2 Å². The van der Waals surface area contributed by atoms with Crippen molar-refractivity contribution in [2.24, 2.45) is 4.99 Å². The largest absolute Gasteiger partial charge is 0.497 e. The molecule has 7 heteroatoms. The number of rotatable bonds is 4. The first kappa shape index (κ1) is 15.5. The molecule has 6 nitrogen and oxygen atoms in total. The summed E-state index contributed by atoms with van der Waals surface area (Å²) in [5.74, 6) is 0.837. The minimum Gasteiger partial charge on any atom is -0.497 e. The normalized spacial score (nSPS) is 12.2. The molecule has 0 unspecified atom stereocenters. The minimum absolute atomic E-state index is 0.0350. The number of aliphatic imine (C=N–C) groups is 1. The molecule has 124 valence electrons. The van der Waals surface area contributed by atoms with E-state index < -0.39 is 4.92 Å². The van der Waals surface area contributed by atoms with Crippen molar-refractivity contribution in [3.63, 3.8) is 0 Å². The SMILES string of the molecule is COc1ccc2c(c1)Cc1sc(N=Cc3ccccc3[N+](=O)[O-])nc1-2. The first-order chi connectivity index (χ1) is 12.2. The lowest BCUT2D eigenvalue weighted by molar-refractivity contribution is -0.385. The van der Waals surface area contributed by atoms with Gasteiger partial charge >= 0.3 is 0 Å². The predicted octanol–water partition coefficient (Wildman–Crippen LogP) is 4.38. The average molecular weight is 351 g/mol. The molecule has 0 bridgehead atoms. The number of methoxy groups -OCH3 is 1. The van der Waals surface area contributed by atoms with Crippen molar-refractivity contribution < 1.29 is 9.66 Å². The first-order valence-electron chi connectivity index (χ1n) is 7.60. The summed E-state index contributed by atoms with van der Waals surface area (Å²) < 4.78 is 5.26. The summed E-state index contributed by atoms with van der Waals surface area (Å²) >= 11 is 1.51. The fraction of sp³-hybridized carbons (Fsp3) is 0.111. The molecule has 0 spiro atoms. The number of nitro benzene ring substituents is 1. The summed E-state index contributed by atoms with van der Waals surface area (Å²) in [6.07, 6.45) is 2.31. The molecule has 0 amide bonds. The molecule has 1 aliphatic rings. The lowest BCUT2D eigenvalue weighted by Gasteiger charge is -2.03. The lowest BCUT2D eigenvalue weighted by Crippen LogP contribution is -1.93. The highest BCUT2D eigenvalue weighted by Gasteiger charge is 2.23. The number of hydrogen-bond donors (Lipinski definition) is 0. The number of ether oxygens (including phenoxy) is 1. The van der Waals surface area contributed by atoms with Crippen molar-refractivity contribution in [2.75, 3.05) is 7.11 Å². The monoisotopic (exact) mass is 351 g/mol. The topological polar surface area (TPSA) is 77.6 Å². The van der Waals surface area contributed by atoms with Crippen LogP contribution in [0, 0.1) is 10.1 Å². The Kier molecular flexibility index (Phi) is 3.77. The number of para-hydroxylation sites is 1. The van der Waals surface area contributed by atoms with Gasteiger partial charge in [0.1, 0.15) is 5.75 Å². The van der Waals surface area contributed by atoms with E-state index in [2.05, 4.69) is 9.98 Å². The van der Waals surface area contributed by atoms with E-state index in [9.17, 15) is 10.1 Å². The second kappa shape index (κ2) is 6.10. The van der Waals surface area contributed by atoms with Crippen molar-refractivity contribution in [2.45, 2.75) is 6.42 Å². The van der Waals surface area contributed by atoms with Gasteiger partial charge in [0.15, 0.2) is 0 Å². The zero-order chi connectivity index (χ0) is 17.4. The van der Waals surface area contributed by atoms with Crippen LogP contribution < -0.4 is 4.74 Å². The van der Waals surface area contributed by atoms with Gasteiger partial charge in [0.05, 0.1) is 23.3 Å². The molecular weight excluding hydrogens is 338 g/mol. The van der Waals surface area contributed by atoms with Gasteiger partial charge in [-0.25, -0.2) is 9.98 Å². The lowest BCUT2D eigenvalue weighted by atomic mass is 10.1. The third-order valence-corrected chi connectivity index (χ3v) is 5.02. The van der Waals surface area contributed by atoms with E-state index in [-0.39, 0.29) is 5.69 Å². The number of hydrogen-bond acceptors (Lipinski definition) is 6. The third kappa shape index (κ3) is 2.78. The molecule has 1 aliphatic carbocycles. The Morgan fingerprint density at radius 2 is 2.16 bits per heavy atom. The van der Waals surface area contributed by atoms with Gasteiger partial charge in [-0.2, -0.15) is 0 Å². The Labute approximate surface area is 147 Å². The Morgan fingerprint density at radius 1 is 1.32 bits per heavy atom. The molecule has 1 aromatic heterocycles. The minimum atomic E-state index is -0.410. The molecule has 2 aromatic carbocycles. The summed E-state index contributed by atoms with van der Waals surface area (Å²) in [5, 5.41) is 11.7. The summed E-state index contributed by atoms with van der Waals surface area (Å²) in [6.45, 7) is 0. The van der Waals surface area contributed by atoms with Crippen molar-refractivity contribution in [1.29, 1.82) is 0 Å². The molecule has 0 aliphatic heterocycles. The zero-order valence-electron chi connectivity index (χ0n) is 13.3. The Balaban J connectivity index is 1.64. The van der Waals surface area contributed by atoms with E-state index in [1.54, 1.807) is 25.3 Å². The predicted molar refractivity (Wildman–Crippen MR) is 97.3 cm³/mol. The van der Waals surface area contributed by atoms with Crippen LogP contribution >= 0.6 is 11.3 Å². The first-order valence-corrected chi connectivity index (χ1v) is 8.42. The zero-order valence-corrected chi connectivity index (χ0v) is 14.1. The number of thiazole rings is 1. The van der Waals surface area contributed by atoms with Crippen molar-refractivity contribution in [3.8, 4) is 17.0 Å². The van der Waals surface area contributed by atoms with Gasteiger partial charge in [-0.3, -0.25) is 10.1 Å². The molecule has 0 saturated heterocycles. The molecule has 0 saturated carbocycles. The maximum Gasteiger partial charge on any atom is 0.278 e. The molecule has 0 fully saturated rings. The molecular formula is C18H13N3O3S. The highest BCUT2D eigenvalue weighted by Crippen LogP contribution is 2.42. The van der Waals surface area contributed by atoms with Crippen LogP contribution in [0.5, 0.6) is 5.75 Å². The van der Waals surface area contributed by atoms with Crippen LogP contribution in [0.25, 0.3) is 11.3 Å². The second-order valence-electron chi connectivity index (χ2n) is 5.54. The smallest absolute Gasteiger partial charge is 0.278 e. The van der Waals surface area contributed by atoms with Gasteiger partial charge < -0.3 is 4.74 Å². The molecule has 0 N–H and O–H groups in total. The highest BCUT2D eigenvalue weighted by atomic mass is 32.1. The van der Waals surface area contributed by atoms with Crippen LogP contribution in [-0.2, 0) is 6.42 Å². The Hall–Kier alpha value is -3.06. The van der Waals surface area contributed by atoms with Crippen LogP contribution in [0.15, 0.2) is 47.5 Å². The van der Waals surface area contributed by atoms with Crippen molar-refractivity contribution >= 4 is 28.4 Å². The number of fused-ring (bicyclic) bond motifs is 3. The van der Waals surface area contributed by atoms with E-state index in [1.807, 2.05) is 18.2 Å². The number of benzene rings is 2. The van der Waals surface area contributed by atoms with Gasteiger partial charge in [0, 0.05) is 29.1 Å². The van der Waals surface area contributed by atoms with Gasteiger partial charge in [0.25, 0.3) is 5.69 Å². The molecule has 3 aromatic rings. The molecule has 25 heavy (non-hydrogen) atoms. The van der Waals surface area contributed by atoms with Gasteiger partial charge in [-0.1, -0.05) is 23.5 Å². The van der Waals surface area contributed by atoms with E-state index >= 15 is 0 Å². The maximum absolute atomic E-state index is 11.1. The number of nitrogens with zero attached hydrogens (tertiary/aromatic N) is 3. The second-order valence-corrected chi connectivity index (χ2v) is 6.60. The van der Waals surface area contributed by atoms with E-state index in [0.717, 1.165) is 28.3 Å². The fourth-order valence-electron chi connectivity index (χ4n) is 2.86.